The van der Waals surface area contributed by atoms with Gasteiger partial charge in [0, 0.05) is 11.4 Å². The number of nitrogens with one attached hydrogen (secondary N) is 2. The summed E-state index contributed by atoms with van der Waals surface area (Å²) in [5, 5.41) is 15.5. The molecule has 1 heterocycles. The Bertz CT molecular complexity index is 990. The van der Waals surface area contributed by atoms with Crippen LogP contribution in [-0.2, 0) is 6.54 Å². The number of benzene rings is 2. The quantitative estimate of drug-likeness (QED) is 0.492. The van der Waals surface area contributed by atoms with E-state index in [0.717, 1.165) is 22.5 Å². The SMILES string of the molecule is O=C(NCc1ccccc1)Nc1cc(-c2ccc(Cl)c(Cl)c2)sc1C(=O)O. The second-order valence-electron chi connectivity index (χ2n) is 5.58. The van der Waals surface area contributed by atoms with Crippen LogP contribution in [0, 0.1) is 0 Å². The molecule has 5 nitrogen and oxygen atoms in total. The molecule has 0 fully saturated rings. The first kappa shape index (κ1) is 19.2. The molecule has 0 radical (unpaired) electrons. The van der Waals surface area contributed by atoms with Crippen molar-refractivity contribution in [2.75, 3.05) is 5.32 Å². The topological polar surface area (TPSA) is 78.4 Å². The summed E-state index contributed by atoms with van der Waals surface area (Å²) in [4.78, 5) is 24.4. The summed E-state index contributed by atoms with van der Waals surface area (Å²) < 4.78 is 0. The fourth-order valence-electron chi connectivity index (χ4n) is 2.38. The van der Waals surface area contributed by atoms with Crippen molar-refractivity contribution in [3.05, 3.63) is 75.1 Å². The lowest BCUT2D eigenvalue weighted by molar-refractivity contribution is 0.0703. The zero-order valence-electron chi connectivity index (χ0n) is 13.8. The number of carbonyl (C=O) groups is 2. The Morgan fingerprint density at radius 1 is 1.00 bits per heavy atom. The number of carboxylic acids is 1. The van der Waals surface area contributed by atoms with E-state index in [9.17, 15) is 14.7 Å². The van der Waals surface area contributed by atoms with Crippen LogP contribution in [0.4, 0.5) is 10.5 Å². The molecule has 138 valence electrons. The Balaban J connectivity index is 1.78. The molecule has 0 aliphatic rings. The maximum Gasteiger partial charge on any atom is 0.348 e. The molecule has 0 saturated heterocycles. The largest absolute Gasteiger partial charge is 0.477 e. The van der Waals surface area contributed by atoms with Crippen molar-refractivity contribution in [3.63, 3.8) is 0 Å². The number of carbonyl (C=O) groups excluding carboxylic acids is 1. The number of thiophene rings is 1. The minimum Gasteiger partial charge on any atom is -0.477 e. The van der Waals surface area contributed by atoms with Gasteiger partial charge >= 0.3 is 12.0 Å². The number of anilines is 1. The number of hydrogen-bond acceptors (Lipinski definition) is 3. The number of hydrogen-bond donors (Lipinski definition) is 3. The van der Waals surface area contributed by atoms with E-state index < -0.39 is 12.0 Å². The molecule has 0 saturated carbocycles. The molecule has 3 aromatic rings. The first-order chi connectivity index (χ1) is 12.9. The van der Waals surface area contributed by atoms with Crippen LogP contribution >= 0.6 is 34.5 Å². The predicted molar refractivity (Wildman–Crippen MR) is 109 cm³/mol. The third-order valence-corrected chi connectivity index (χ3v) is 5.59. The standard InChI is InChI=1S/C19H14Cl2N2O3S/c20-13-7-6-12(8-14(13)21)16-9-15(17(27-16)18(24)25)23-19(26)22-10-11-4-2-1-3-5-11/h1-9H,10H2,(H,24,25)(H2,22,23,26). The summed E-state index contributed by atoms with van der Waals surface area (Å²) in [7, 11) is 0. The average molecular weight is 421 g/mol. The minimum absolute atomic E-state index is 0.0333. The molecular formula is C19H14Cl2N2O3S. The van der Waals surface area contributed by atoms with Gasteiger partial charge in [0.15, 0.2) is 0 Å². The van der Waals surface area contributed by atoms with E-state index in [1.807, 2.05) is 30.3 Å². The van der Waals surface area contributed by atoms with E-state index in [-0.39, 0.29) is 10.6 Å². The number of rotatable bonds is 5. The Kier molecular flexibility index (Phi) is 6.01. The molecule has 27 heavy (non-hydrogen) atoms. The van der Waals surface area contributed by atoms with Crippen molar-refractivity contribution < 1.29 is 14.7 Å². The number of halogens is 2. The van der Waals surface area contributed by atoms with Crippen molar-refractivity contribution in [2.24, 2.45) is 0 Å². The third-order valence-electron chi connectivity index (χ3n) is 3.67. The van der Waals surface area contributed by atoms with Crippen molar-refractivity contribution in [1.29, 1.82) is 0 Å². The lowest BCUT2D eigenvalue weighted by Crippen LogP contribution is -2.28. The maximum atomic E-state index is 12.2. The van der Waals surface area contributed by atoms with Gasteiger partial charge in [-0.05, 0) is 29.3 Å². The van der Waals surface area contributed by atoms with Crippen LogP contribution in [0.1, 0.15) is 15.2 Å². The van der Waals surface area contributed by atoms with Crippen LogP contribution in [0.3, 0.4) is 0 Å². The van der Waals surface area contributed by atoms with E-state index in [4.69, 9.17) is 23.2 Å². The molecule has 8 heteroatoms. The predicted octanol–water partition coefficient (Wildman–Crippen LogP) is 5.74. The highest BCUT2D eigenvalue weighted by atomic mass is 35.5. The van der Waals surface area contributed by atoms with E-state index in [2.05, 4.69) is 10.6 Å². The van der Waals surface area contributed by atoms with Crippen molar-refractivity contribution in [1.82, 2.24) is 5.32 Å². The fraction of sp³-hybridized carbons (Fsp3) is 0.0526. The summed E-state index contributed by atoms with van der Waals surface area (Å²) in [6.07, 6.45) is 0. The van der Waals surface area contributed by atoms with E-state index >= 15 is 0 Å². The number of urea groups is 1. The highest BCUT2D eigenvalue weighted by Gasteiger charge is 2.18. The highest BCUT2D eigenvalue weighted by Crippen LogP contribution is 2.37. The zero-order chi connectivity index (χ0) is 19.4. The van der Waals surface area contributed by atoms with Crippen LogP contribution in [-0.4, -0.2) is 17.1 Å². The molecule has 2 amide bonds. The van der Waals surface area contributed by atoms with Gasteiger partial charge in [-0.3, -0.25) is 0 Å². The summed E-state index contributed by atoms with van der Waals surface area (Å²) >= 11 is 13.0. The van der Waals surface area contributed by atoms with Gasteiger partial charge < -0.3 is 15.7 Å². The van der Waals surface area contributed by atoms with Gasteiger partial charge in [-0.25, -0.2) is 9.59 Å². The van der Waals surface area contributed by atoms with Crippen molar-refractivity contribution in [2.45, 2.75) is 6.54 Å². The first-order valence-corrected chi connectivity index (χ1v) is 9.42. The Labute approximate surface area is 169 Å². The van der Waals surface area contributed by atoms with Gasteiger partial charge in [0.2, 0.25) is 0 Å². The molecule has 0 aliphatic carbocycles. The highest BCUT2D eigenvalue weighted by molar-refractivity contribution is 7.18. The van der Waals surface area contributed by atoms with E-state index in [1.54, 1.807) is 24.3 Å². The van der Waals surface area contributed by atoms with Crippen LogP contribution in [0.5, 0.6) is 0 Å². The Hall–Kier alpha value is -2.54. The summed E-state index contributed by atoms with van der Waals surface area (Å²) in [6, 6.07) is 15.6. The zero-order valence-corrected chi connectivity index (χ0v) is 16.2. The van der Waals surface area contributed by atoms with E-state index in [0.29, 0.717) is 21.5 Å². The van der Waals surface area contributed by atoms with Crippen LogP contribution < -0.4 is 10.6 Å². The van der Waals surface area contributed by atoms with Gasteiger partial charge in [0.05, 0.1) is 15.7 Å². The smallest absolute Gasteiger partial charge is 0.348 e. The third kappa shape index (κ3) is 4.80. The molecule has 3 rings (SSSR count). The Morgan fingerprint density at radius 2 is 1.74 bits per heavy atom. The molecule has 1 aromatic heterocycles. The maximum absolute atomic E-state index is 12.2. The molecule has 0 aliphatic heterocycles. The number of amides is 2. The van der Waals surface area contributed by atoms with Crippen LogP contribution in [0.25, 0.3) is 10.4 Å². The lowest BCUT2D eigenvalue weighted by Gasteiger charge is -2.07. The number of carboxylic acid groups (broad SMARTS) is 1. The van der Waals surface area contributed by atoms with E-state index in [1.165, 1.54) is 0 Å². The second kappa shape index (κ2) is 8.43. The number of aromatic carboxylic acids is 1. The fourth-order valence-corrected chi connectivity index (χ4v) is 3.63. The normalized spacial score (nSPS) is 10.4. The van der Waals surface area contributed by atoms with Gasteiger partial charge in [0.25, 0.3) is 0 Å². The molecule has 3 N–H and O–H groups in total. The van der Waals surface area contributed by atoms with Crippen LogP contribution in [0.15, 0.2) is 54.6 Å². The second-order valence-corrected chi connectivity index (χ2v) is 7.45. The molecule has 2 aromatic carbocycles. The lowest BCUT2D eigenvalue weighted by atomic mass is 10.2. The monoisotopic (exact) mass is 420 g/mol. The van der Waals surface area contributed by atoms with Crippen molar-refractivity contribution >= 4 is 52.2 Å². The van der Waals surface area contributed by atoms with Crippen LogP contribution in [0.2, 0.25) is 10.0 Å². The van der Waals surface area contributed by atoms with Gasteiger partial charge in [0.1, 0.15) is 4.88 Å². The molecule has 0 bridgehead atoms. The molecule has 0 atom stereocenters. The van der Waals surface area contributed by atoms with Gasteiger partial charge in [-0.15, -0.1) is 11.3 Å². The summed E-state index contributed by atoms with van der Waals surface area (Å²) in [5.41, 5.74) is 1.88. The van der Waals surface area contributed by atoms with Gasteiger partial charge in [-0.2, -0.15) is 0 Å². The minimum atomic E-state index is -1.12. The summed E-state index contributed by atoms with van der Waals surface area (Å²) in [5.74, 6) is -1.12. The average Bonchev–Trinajstić information content (AvgIpc) is 3.07. The molecule has 0 spiro atoms. The van der Waals surface area contributed by atoms with Gasteiger partial charge in [-0.1, -0.05) is 59.6 Å². The Morgan fingerprint density at radius 3 is 2.41 bits per heavy atom. The summed E-state index contributed by atoms with van der Waals surface area (Å²) in [6.45, 7) is 0.332. The van der Waals surface area contributed by atoms with Crippen molar-refractivity contribution in [3.8, 4) is 10.4 Å². The first-order valence-electron chi connectivity index (χ1n) is 7.85. The molecule has 0 unspecified atom stereocenters. The molecular weight excluding hydrogens is 407 g/mol.